The van der Waals surface area contributed by atoms with Gasteiger partial charge in [0.05, 0.1) is 0 Å². The Morgan fingerprint density at radius 2 is 2.17 bits per heavy atom. The van der Waals surface area contributed by atoms with Gasteiger partial charge in [0.25, 0.3) is 0 Å². The molecule has 1 fully saturated rings. The van der Waals surface area contributed by atoms with Gasteiger partial charge in [-0.1, -0.05) is 15.9 Å². The molecule has 0 radical (unpaired) electrons. The lowest BCUT2D eigenvalue weighted by Crippen LogP contribution is -2.62. The van der Waals surface area contributed by atoms with E-state index in [4.69, 9.17) is 5.73 Å². The second-order valence-electron chi connectivity index (χ2n) is 4.99. The highest BCUT2D eigenvalue weighted by Crippen LogP contribution is 2.29. The van der Waals surface area contributed by atoms with E-state index < -0.39 is 5.54 Å². The summed E-state index contributed by atoms with van der Waals surface area (Å²) in [5.41, 5.74) is 7.25. The summed E-state index contributed by atoms with van der Waals surface area (Å²) >= 11 is 3.49. The molecule has 18 heavy (non-hydrogen) atoms. The molecule has 98 valence electrons. The van der Waals surface area contributed by atoms with Gasteiger partial charge >= 0.3 is 0 Å². The number of carbonyl (C=O) groups is 1. The summed E-state index contributed by atoms with van der Waals surface area (Å²) in [4.78, 5) is 14.1. The minimum Gasteiger partial charge on any atom is -0.356 e. The lowest BCUT2D eigenvalue weighted by molar-refractivity contribution is -0.126. The number of benzene rings is 1. The smallest absolute Gasteiger partial charge is 0.245 e. The highest BCUT2D eigenvalue weighted by Gasteiger charge is 2.37. The molecule has 0 aliphatic carbocycles. The van der Waals surface area contributed by atoms with Gasteiger partial charge in [0.2, 0.25) is 5.91 Å². The zero-order valence-corrected chi connectivity index (χ0v) is 12.3. The maximum Gasteiger partial charge on any atom is 0.245 e. The number of hydrogen-bond donors (Lipinski definition) is 2. The summed E-state index contributed by atoms with van der Waals surface area (Å²) in [7, 11) is 0. The molecule has 5 heteroatoms. The highest BCUT2D eigenvalue weighted by atomic mass is 79.9. The number of nitrogens with two attached hydrogens (primary N) is 1. The van der Waals surface area contributed by atoms with Gasteiger partial charge in [0.15, 0.2) is 0 Å². The Balaban J connectivity index is 2.41. The first-order valence-electron chi connectivity index (χ1n) is 6.00. The van der Waals surface area contributed by atoms with E-state index in [9.17, 15) is 4.79 Å². The number of anilines is 1. The minimum absolute atomic E-state index is 0.0584. The van der Waals surface area contributed by atoms with Gasteiger partial charge in [-0.3, -0.25) is 4.79 Å². The van der Waals surface area contributed by atoms with Crippen molar-refractivity contribution < 1.29 is 4.79 Å². The van der Waals surface area contributed by atoms with Crippen LogP contribution in [0, 0.1) is 0 Å². The van der Waals surface area contributed by atoms with Crippen molar-refractivity contribution in [1.29, 1.82) is 0 Å². The molecule has 0 unspecified atom stereocenters. The van der Waals surface area contributed by atoms with Crippen LogP contribution in [0.4, 0.5) is 5.69 Å². The fourth-order valence-corrected chi connectivity index (χ4v) is 2.79. The van der Waals surface area contributed by atoms with Crippen LogP contribution in [0.25, 0.3) is 0 Å². The fourth-order valence-electron chi connectivity index (χ4n) is 2.26. The summed E-state index contributed by atoms with van der Waals surface area (Å²) < 4.78 is 0.988. The third-order valence-electron chi connectivity index (χ3n) is 3.34. The molecule has 0 bridgehead atoms. The van der Waals surface area contributed by atoms with Crippen molar-refractivity contribution in [1.82, 2.24) is 5.32 Å². The summed E-state index contributed by atoms with van der Waals surface area (Å²) in [5, 5.41) is 2.90. The van der Waals surface area contributed by atoms with Crippen molar-refractivity contribution in [2.45, 2.75) is 25.9 Å². The molecule has 0 saturated carbocycles. The quantitative estimate of drug-likeness (QED) is 0.872. The molecule has 1 amide bonds. The van der Waals surface area contributed by atoms with Gasteiger partial charge in [-0.2, -0.15) is 0 Å². The Hall–Kier alpha value is -1.07. The third kappa shape index (κ3) is 2.37. The molecular weight excluding hydrogens is 294 g/mol. The number of nitrogens with zero attached hydrogens (tertiary/aromatic N) is 1. The second kappa shape index (κ2) is 4.90. The summed E-state index contributed by atoms with van der Waals surface area (Å²) in [6, 6.07) is 6.07. The van der Waals surface area contributed by atoms with Crippen LogP contribution < -0.4 is 16.0 Å². The van der Waals surface area contributed by atoms with Crippen molar-refractivity contribution in [2.24, 2.45) is 5.73 Å². The van der Waals surface area contributed by atoms with E-state index in [1.165, 1.54) is 0 Å². The van der Waals surface area contributed by atoms with E-state index in [-0.39, 0.29) is 5.91 Å². The average molecular weight is 312 g/mol. The second-order valence-corrected chi connectivity index (χ2v) is 5.90. The van der Waals surface area contributed by atoms with Crippen LogP contribution in [0.15, 0.2) is 22.7 Å². The Morgan fingerprint density at radius 1 is 1.44 bits per heavy atom. The van der Waals surface area contributed by atoms with Gasteiger partial charge in [0, 0.05) is 29.8 Å². The number of hydrogen-bond acceptors (Lipinski definition) is 3. The molecule has 2 rings (SSSR count). The van der Waals surface area contributed by atoms with Crippen LogP contribution >= 0.6 is 15.9 Å². The van der Waals surface area contributed by atoms with Gasteiger partial charge in [-0.15, -0.1) is 0 Å². The Morgan fingerprint density at radius 3 is 2.83 bits per heavy atom. The van der Waals surface area contributed by atoms with Gasteiger partial charge < -0.3 is 16.0 Å². The van der Waals surface area contributed by atoms with Crippen molar-refractivity contribution >= 4 is 27.5 Å². The van der Waals surface area contributed by atoms with E-state index in [1.807, 2.05) is 32.0 Å². The van der Waals surface area contributed by atoms with Crippen molar-refractivity contribution in [3.8, 4) is 0 Å². The zero-order chi connectivity index (χ0) is 13.3. The first-order chi connectivity index (χ1) is 8.45. The minimum atomic E-state index is -0.537. The maximum absolute atomic E-state index is 11.9. The molecule has 0 spiro atoms. The van der Waals surface area contributed by atoms with Crippen LogP contribution in [0.5, 0.6) is 0 Å². The standard InChI is InChI=1S/C13H18BrN3O/c1-13(2)12(18)16-3-4-17(13)11-6-9(8-15)5-10(14)7-11/h5-7H,3-4,8,15H2,1-2H3,(H,16,18). The molecule has 4 nitrogen and oxygen atoms in total. The van der Waals surface area contributed by atoms with E-state index in [0.717, 1.165) is 22.3 Å². The Labute approximate surface area is 116 Å². The summed E-state index contributed by atoms with van der Waals surface area (Å²) in [5.74, 6) is 0.0584. The predicted octanol–water partition coefficient (Wildman–Crippen LogP) is 1.62. The van der Waals surface area contributed by atoms with Crippen LogP contribution in [-0.4, -0.2) is 24.5 Å². The average Bonchev–Trinajstić information content (AvgIpc) is 2.31. The summed E-state index contributed by atoms with van der Waals surface area (Å²) in [6.07, 6.45) is 0. The largest absolute Gasteiger partial charge is 0.356 e. The van der Waals surface area contributed by atoms with Crippen LogP contribution in [-0.2, 0) is 11.3 Å². The lowest BCUT2D eigenvalue weighted by Gasteiger charge is -2.43. The molecule has 1 aliphatic rings. The molecule has 1 saturated heterocycles. The van der Waals surface area contributed by atoms with Crippen molar-refractivity contribution in [3.63, 3.8) is 0 Å². The first-order valence-corrected chi connectivity index (χ1v) is 6.80. The van der Waals surface area contributed by atoms with Crippen LogP contribution in [0.2, 0.25) is 0 Å². The molecule has 3 N–H and O–H groups in total. The van der Waals surface area contributed by atoms with Gasteiger partial charge in [0.1, 0.15) is 5.54 Å². The monoisotopic (exact) mass is 311 g/mol. The topological polar surface area (TPSA) is 58.4 Å². The maximum atomic E-state index is 11.9. The van der Waals surface area contributed by atoms with E-state index in [0.29, 0.717) is 13.1 Å². The number of nitrogens with one attached hydrogen (secondary N) is 1. The van der Waals surface area contributed by atoms with Crippen LogP contribution in [0.1, 0.15) is 19.4 Å². The van der Waals surface area contributed by atoms with E-state index in [2.05, 4.69) is 26.1 Å². The molecule has 1 heterocycles. The fraction of sp³-hybridized carbons (Fsp3) is 0.462. The molecule has 1 aromatic rings. The molecule has 1 aromatic carbocycles. The van der Waals surface area contributed by atoms with Crippen LogP contribution in [0.3, 0.4) is 0 Å². The van der Waals surface area contributed by atoms with Crippen molar-refractivity contribution in [3.05, 3.63) is 28.2 Å². The van der Waals surface area contributed by atoms with Gasteiger partial charge in [-0.25, -0.2) is 0 Å². The zero-order valence-electron chi connectivity index (χ0n) is 10.7. The predicted molar refractivity (Wildman–Crippen MR) is 76.5 cm³/mol. The molecule has 0 atom stereocenters. The number of amides is 1. The number of piperazine rings is 1. The molecular formula is C13H18BrN3O. The van der Waals surface area contributed by atoms with Gasteiger partial charge in [-0.05, 0) is 37.6 Å². The SMILES string of the molecule is CC1(C)C(=O)NCCN1c1cc(Br)cc(CN)c1. The lowest BCUT2D eigenvalue weighted by atomic mass is 9.97. The number of halogens is 1. The highest BCUT2D eigenvalue weighted by molar-refractivity contribution is 9.10. The third-order valence-corrected chi connectivity index (χ3v) is 3.80. The normalized spacial score (nSPS) is 18.7. The number of rotatable bonds is 2. The van der Waals surface area contributed by atoms with E-state index in [1.54, 1.807) is 0 Å². The number of carbonyl (C=O) groups excluding carboxylic acids is 1. The van der Waals surface area contributed by atoms with Crippen molar-refractivity contribution in [2.75, 3.05) is 18.0 Å². The molecule has 0 aromatic heterocycles. The Bertz CT molecular complexity index is 473. The molecule has 1 aliphatic heterocycles. The Kier molecular flexibility index (Phi) is 3.64. The summed E-state index contributed by atoms with van der Waals surface area (Å²) in [6.45, 7) is 5.84. The van der Waals surface area contributed by atoms with E-state index >= 15 is 0 Å². The first kappa shape index (κ1) is 13.4.